The first-order chi connectivity index (χ1) is 12.4. The highest BCUT2D eigenvalue weighted by Crippen LogP contribution is 2.25. The van der Waals surface area contributed by atoms with Crippen molar-refractivity contribution in [3.8, 4) is 0 Å². The van der Waals surface area contributed by atoms with E-state index < -0.39 is 5.41 Å². The summed E-state index contributed by atoms with van der Waals surface area (Å²) >= 11 is 0. The third-order valence-electron chi connectivity index (χ3n) is 5.25. The predicted molar refractivity (Wildman–Crippen MR) is 107 cm³/mol. The molecule has 2 rings (SSSR count). The Labute approximate surface area is 157 Å². The minimum Gasteiger partial charge on any atom is -0.372 e. The van der Waals surface area contributed by atoms with Gasteiger partial charge in [0.05, 0.1) is 0 Å². The van der Waals surface area contributed by atoms with E-state index in [1.165, 1.54) is 0 Å². The maximum atomic E-state index is 12.9. The van der Waals surface area contributed by atoms with Crippen LogP contribution in [0.1, 0.15) is 53.4 Å². The van der Waals surface area contributed by atoms with Crippen molar-refractivity contribution < 1.29 is 9.59 Å². The van der Waals surface area contributed by atoms with Gasteiger partial charge in [-0.2, -0.15) is 0 Å². The van der Waals surface area contributed by atoms with Crippen molar-refractivity contribution in [3.05, 3.63) is 24.3 Å². The number of amides is 2. The van der Waals surface area contributed by atoms with Crippen molar-refractivity contribution >= 4 is 23.2 Å². The number of nitrogens with zero attached hydrogens (tertiary/aromatic N) is 2. The normalized spacial score (nSPS) is 15.3. The number of hydrogen-bond donors (Lipinski definition) is 1. The quantitative estimate of drug-likeness (QED) is 0.784. The molecule has 0 radical (unpaired) electrons. The molecule has 1 N–H and O–H groups in total. The summed E-state index contributed by atoms with van der Waals surface area (Å²) < 4.78 is 0. The van der Waals surface area contributed by atoms with Crippen molar-refractivity contribution in [1.82, 2.24) is 4.90 Å². The Kier molecular flexibility index (Phi) is 7.06. The summed E-state index contributed by atoms with van der Waals surface area (Å²) in [6.07, 6.45) is 4.37. The van der Waals surface area contributed by atoms with Crippen LogP contribution < -0.4 is 10.2 Å². The molecule has 0 atom stereocenters. The smallest absolute Gasteiger partial charge is 0.239 e. The van der Waals surface area contributed by atoms with Crippen LogP contribution in [0, 0.1) is 5.41 Å². The molecule has 144 valence electrons. The van der Waals surface area contributed by atoms with Crippen LogP contribution in [0.25, 0.3) is 0 Å². The average molecular weight is 360 g/mol. The molecule has 1 heterocycles. The number of likely N-dealkylation sites (tertiary alicyclic amines) is 1. The number of benzene rings is 1. The second-order valence-electron chi connectivity index (χ2n) is 7.50. The largest absolute Gasteiger partial charge is 0.372 e. The monoisotopic (exact) mass is 359 g/mol. The molecule has 0 saturated carbocycles. The van der Waals surface area contributed by atoms with Crippen LogP contribution >= 0.6 is 0 Å². The minimum atomic E-state index is -1.07. The number of rotatable bonds is 6. The van der Waals surface area contributed by atoms with E-state index in [0.29, 0.717) is 0 Å². The summed E-state index contributed by atoms with van der Waals surface area (Å²) in [4.78, 5) is 29.8. The number of carbonyl (C=O) groups is 2. The first-order valence-corrected chi connectivity index (χ1v) is 9.86. The molecule has 0 aliphatic carbocycles. The van der Waals surface area contributed by atoms with Gasteiger partial charge in [0.1, 0.15) is 5.41 Å². The third-order valence-corrected chi connectivity index (χ3v) is 5.25. The maximum Gasteiger partial charge on any atom is 0.239 e. The lowest BCUT2D eigenvalue weighted by atomic mass is 9.90. The standard InChI is InChI=1S/C21H33N3O2/c1-5-23(6-2)18-13-11-17(12-14-18)22-19(25)21(3,4)20(26)24-15-9-7-8-10-16-24/h11-14H,5-10,15-16H2,1-4H3,(H,22,25). The van der Waals surface area contributed by atoms with E-state index in [-0.39, 0.29) is 11.8 Å². The molecule has 5 nitrogen and oxygen atoms in total. The van der Waals surface area contributed by atoms with Crippen LogP contribution in [0.5, 0.6) is 0 Å². The molecule has 5 heteroatoms. The average Bonchev–Trinajstić information content (AvgIpc) is 2.92. The van der Waals surface area contributed by atoms with Gasteiger partial charge in [-0.15, -0.1) is 0 Å². The van der Waals surface area contributed by atoms with Crippen LogP contribution in [0.2, 0.25) is 0 Å². The van der Waals surface area contributed by atoms with Gasteiger partial charge in [0.25, 0.3) is 0 Å². The minimum absolute atomic E-state index is 0.0725. The first kappa shape index (κ1) is 20.3. The fraction of sp³-hybridized carbons (Fsp3) is 0.619. The van der Waals surface area contributed by atoms with Gasteiger partial charge < -0.3 is 15.1 Å². The van der Waals surface area contributed by atoms with Crippen molar-refractivity contribution in [1.29, 1.82) is 0 Å². The second-order valence-corrected chi connectivity index (χ2v) is 7.50. The van der Waals surface area contributed by atoms with Crippen LogP contribution in [-0.2, 0) is 9.59 Å². The Hall–Kier alpha value is -2.04. The van der Waals surface area contributed by atoms with Gasteiger partial charge in [0.2, 0.25) is 11.8 Å². The second kappa shape index (κ2) is 9.06. The lowest BCUT2D eigenvalue weighted by molar-refractivity contribution is -0.146. The van der Waals surface area contributed by atoms with Gasteiger partial charge in [0.15, 0.2) is 0 Å². The summed E-state index contributed by atoms with van der Waals surface area (Å²) in [7, 11) is 0. The van der Waals surface area contributed by atoms with Gasteiger partial charge in [-0.1, -0.05) is 12.8 Å². The molecular formula is C21H33N3O2. The van der Waals surface area contributed by atoms with Gasteiger partial charge >= 0.3 is 0 Å². The molecule has 1 fully saturated rings. The van der Waals surface area contributed by atoms with E-state index >= 15 is 0 Å². The summed E-state index contributed by atoms with van der Waals surface area (Å²) in [5, 5.41) is 2.92. The highest BCUT2D eigenvalue weighted by atomic mass is 16.2. The molecule has 1 saturated heterocycles. The van der Waals surface area contributed by atoms with E-state index in [0.717, 1.165) is 63.2 Å². The van der Waals surface area contributed by atoms with Crippen LogP contribution in [0.3, 0.4) is 0 Å². The van der Waals surface area contributed by atoms with Crippen molar-refractivity contribution in [2.24, 2.45) is 5.41 Å². The molecule has 1 aliphatic heterocycles. The maximum absolute atomic E-state index is 12.9. The number of nitrogens with one attached hydrogen (secondary N) is 1. The zero-order valence-corrected chi connectivity index (χ0v) is 16.7. The van der Waals surface area contributed by atoms with E-state index in [1.807, 2.05) is 29.2 Å². The highest BCUT2D eigenvalue weighted by Gasteiger charge is 2.39. The highest BCUT2D eigenvalue weighted by molar-refractivity contribution is 6.09. The molecule has 1 aliphatic rings. The molecule has 0 unspecified atom stereocenters. The van der Waals surface area contributed by atoms with E-state index in [2.05, 4.69) is 24.1 Å². The Morgan fingerprint density at radius 2 is 1.54 bits per heavy atom. The Morgan fingerprint density at radius 3 is 2.04 bits per heavy atom. The van der Waals surface area contributed by atoms with Crippen molar-refractivity contribution in [3.63, 3.8) is 0 Å². The summed E-state index contributed by atoms with van der Waals surface area (Å²) in [6, 6.07) is 7.81. The lowest BCUT2D eigenvalue weighted by Crippen LogP contribution is -2.47. The van der Waals surface area contributed by atoms with Gasteiger partial charge in [-0.3, -0.25) is 9.59 Å². The number of hydrogen-bond acceptors (Lipinski definition) is 3. The van der Waals surface area contributed by atoms with Gasteiger partial charge in [0, 0.05) is 37.6 Å². The van der Waals surface area contributed by atoms with Gasteiger partial charge in [-0.05, 0) is 64.8 Å². The number of carbonyl (C=O) groups excluding carboxylic acids is 2. The molecule has 0 aromatic heterocycles. The fourth-order valence-corrected chi connectivity index (χ4v) is 3.40. The fourth-order valence-electron chi connectivity index (χ4n) is 3.40. The Bertz CT molecular complexity index is 598. The van der Waals surface area contributed by atoms with Crippen LogP contribution in [0.15, 0.2) is 24.3 Å². The molecule has 1 aromatic carbocycles. The lowest BCUT2D eigenvalue weighted by Gasteiger charge is -2.30. The van der Waals surface area contributed by atoms with E-state index in [1.54, 1.807) is 13.8 Å². The summed E-state index contributed by atoms with van der Waals surface area (Å²) in [5.41, 5.74) is 0.789. The van der Waals surface area contributed by atoms with E-state index in [4.69, 9.17) is 0 Å². The van der Waals surface area contributed by atoms with Gasteiger partial charge in [-0.25, -0.2) is 0 Å². The molecule has 2 amide bonds. The molecule has 1 aromatic rings. The molecule has 26 heavy (non-hydrogen) atoms. The molecule has 0 bridgehead atoms. The Morgan fingerprint density at radius 1 is 1.00 bits per heavy atom. The molecule has 0 spiro atoms. The SMILES string of the molecule is CCN(CC)c1ccc(NC(=O)C(C)(C)C(=O)N2CCCCCC2)cc1. The summed E-state index contributed by atoms with van der Waals surface area (Å²) in [5.74, 6) is -0.320. The summed E-state index contributed by atoms with van der Waals surface area (Å²) in [6.45, 7) is 11.1. The van der Waals surface area contributed by atoms with Crippen LogP contribution in [-0.4, -0.2) is 42.9 Å². The van der Waals surface area contributed by atoms with E-state index in [9.17, 15) is 9.59 Å². The predicted octanol–water partition coefficient (Wildman–Crippen LogP) is 3.90. The topological polar surface area (TPSA) is 52.7 Å². The van der Waals surface area contributed by atoms with Crippen molar-refractivity contribution in [2.45, 2.75) is 53.4 Å². The molecular weight excluding hydrogens is 326 g/mol. The first-order valence-electron chi connectivity index (χ1n) is 9.86. The third kappa shape index (κ3) is 4.77. The van der Waals surface area contributed by atoms with Crippen molar-refractivity contribution in [2.75, 3.05) is 36.4 Å². The zero-order chi connectivity index (χ0) is 19.2. The zero-order valence-electron chi connectivity index (χ0n) is 16.7. The van der Waals surface area contributed by atoms with Crippen LogP contribution in [0.4, 0.5) is 11.4 Å². The number of anilines is 2. The Balaban J connectivity index is 2.03.